The van der Waals surface area contributed by atoms with Crippen LogP contribution in [0.2, 0.25) is 0 Å². The van der Waals surface area contributed by atoms with Gasteiger partial charge in [0.2, 0.25) is 0 Å². The molecule has 0 aliphatic carbocycles. The molecule has 18 heavy (non-hydrogen) atoms. The van der Waals surface area contributed by atoms with E-state index in [0.717, 1.165) is 45.3 Å². The van der Waals surface area contributed by atoms with Crippen LogP contribution < -0.4 is 5.32 Å². The van der Waals surface area contributed by atoms with E-state index in [2.05, 4.69) is 39.9 Å². The fourth-order valence-electron chi connectivity index (χ4n) is 1.72. The summed E-state index contributed by atoms with van der Waals surface area (Å²) in [6, 6.07) is 0. The van der Waals surface area contributed by atoms with Crippen LogP contribution in [0.4, 0.5) is 0 Å². The van der Waals surface area contributed by atoms with Crippen molar-refractivity contribution in [3.05, 3.63) is 0 Å². The smallest absolute Gasteiger partial charge is 0.0623 e. The van der Waals surface area contributed by atoms with Gasteiger partial charge in [-0.3, -0.25) is 0 Å². The molecule has 0 radical (unpaired) electrons. The van der Waals surface area contributed by atoms with Crippen LogP contribution in [0.25, 0.3) is 0 Å². The number of unbranched alkanes of at least 4 members (excludes halogenated alkanes) is 1. The van der Waals surface area contributed by atoms with Crippen molar-refractivity contribution in [1.29, 1.82) is 0 Å². The summed E-state index contributed by atoms with van der Waals surface area (Å²) in [5.74, 6) is 0. The Balaban J connectivity index is 3.74. The van der Waals surface area contributed by atoms with Gasteiger partial charge in [0.15, 0.2) is 0 Å². The monoisotopic (exact) mass is 259 g/mol. The van der Waals surface area contributed by atoms with E-state index in [-0.39, 0.29) is 17.7 Å². The van der Waals surface area contributed by atoms with Crippen molar-refractivity contribution in [1.82, 2.24) is 5.32 Å². The van der Waals surface area contributed by atoms with Crippen molar-refractivity contribution in [3.8, 4) is 0 Å². The highest BCUT2D eigenvalue weighted by Gasteiger charge is 2.21. The molecule has 2 N–H and O–H groups in total. The standard InChI is InChI=1S/C15H33NO2/c1-6-11-16-15(5,13-17)10-8-9-12-18-14(3,4)7-2/h16-17H,6-13H2,1-5H3. The second-order valence-electron chi connectivity index (χ2n) is 6.06. The van der Waals surface area contributed by atoms with Gasteiger partial charge in [-0.15, -0.1) is 0 Å². The molecule has 0 rings (SSSR count). The van der Waals surface area contributed by atoms with Gasteiger partial charge in [-0.2, -0.15) is 0 Å². The predicted molar refractivity (Wildman–Crippen MR) is 78.0 cm³/mol. The molecule has 0 saturated heterocycles. The zero-order valence-electron chi connectivity index (χ0n) is 13.0. The molecule has 0 aromatic carbocycles. The third-order valence-corrected chi connectivity index (χ3v) is 3.62. The molecule has 3 nitrogen and oxygen atoms in total. The third kappa shape index (κ3) is 8.06. The van der Waals surface area contributed by atoms with Gasteiger partial charge >= 0.3 is 0 Å². The maximum Gasteiger partial charge on any atom is 0.0623 e. The Labute approximate surface area is 113 Å². The van der Waals surface area contributed by atoms with Crippen LogP contribution in [0.3, 0.4) is 0 Å². The fourth-order valence-corrected chi connectivity index (χ4v) is 1.72. The van der Waals surface area contributed by atoms with Crippen LogP contribution in [0.1, 0.15) is 66.7 Å². The van der Waals surface area contributed by atoms with Crippen molar-refractivity contribution in [2.75, 3.05) is 19.8 Å². The summed E-state index contributed by atoms with van der Waals surface area (Å²) in [6.45, 7) is 12.6. The van der Waals surface area contributed by atoms with Crippen LogP contribution >= 0.6 is 0 Å². The Kier molecular flexibility index (Phi) is 8.83. The first-order valence-corrected chi connectivity index (χ1v) is 7.39. The number of hydrogen-bond acceptors (Lipinski definition) is 3. The zero-order chi connectivity index (χ0) is 14.1. The average molecular weight is 259 g/mol. The normalized spacial score (nSPS) is 15.7. The lowest BCUT2D eigenvalue weighted by Gasteiger charge is -2.29. The molecule has 0 heterocycles. The number of rotatable bonds is 11. The van der Waals surface area contributed by atoms with E-state index in [9.17, 15) is 5.11 Å². The van der Waals surface area contributed by atoms with Gasteiger partial charge in [0, 0.05) is 12.1 Å². The molecular formula is C15H33NO2. The van der Waals surface area contributed by atoms with E-state index in [0.29, 0.717) is 0 Å². The number of nitrogens with one attached hydrogen (secondary N) is 1. The molecule has 0 aliphatic heterocycles. The first-order chi connectivity index (χ1) is 8.39. The van der Waals surface area contributed by atoms with Crippen LogP contribution in [-0.2, 0) is 4.74 Å². The van der Waals surface area contributed by atoms with E-state index in [1.54, 1.807) is 0 Å². The zero-order valence-corrected chi connectivity index (χ0v) is 13.0. The van der Waals surface area contributed by atoms with E-state index in [4.69, 9.17) is 4.74 Å². The van der Waals surface area contributed by atoms with Crippen LogP contribution in [-0.4, -0.2) is 36.0 Å². The highest BCUT2D eigenvalue weighted by Crippen LogP contribution is 2.16. The minimum absolute atomic E-state index is 0.000736. The lowest BCUT2D eigenvalue weighted by molar-refractivity contribution is -0.0223. The highest BCUT2D eigenvalue weighted by molar-refractivity contribution is 4.81. The molecule has 3 heteroatoms. The summed E-state index contributed by atoms with van der Waals surface area (Å²) in [6.07, 6.45) is 5.29. The maximum absolute atomic E-state index is 9.44. The average Bonchev–Trinajstić information content (AvgIpc) is 2.36. The molecule has 0 fully saturated rings. The van der Waals surface area contributed by atoms with E-state index < -0.39 is 0 Å². The first-order valence-electron chi connectivity index (χ1n) is 7.39. The molecule has 0 aliphatic rings. The van der Waals surface area contributed by atoms with E-state index in [1.165, 1.54) is 0 Å². The summed E-state index contributed by atoms with van der Waals surface area (Å²) in [4.78, 5) is 0. The second kappa shape index (κ2) is 8.89. The van der Waals surface area contributed by atoms with Crippen molar-refractivity contribution >= 4 is 0 Å². The van der Waals surface area contributed by atoms with Gasteiger partial charge in [-0.1, -0.05) is 13.8 Å². The molecule has 0 spiro atoms. The molecule has 1 atom stereocenters. The Bertz CT molecular complexity index is 207. The van der Waals surface area contributed by atoms with Crippen LogP contribution in [0.15, 0.2) is 0 Å². The number of hydrogen-bond donors (Lipinski definition) is 2. The minimum atomic E-state index is -0.129. The summed E-state index contributed by atoms with van der Waals surface area (Å²) < 4.78 is 5.83. The minimum Gasteiger partial charge on any atom is -0.394 e. The Morgan fingerprint density at radius 3 is 2.28 bits per heavy atom. The highest BCUT2D eigenvalue weighted by atomic mass is 16.5. The van der Waals surface area contributed by atoms with Crippen LogP contribution in [0, 0.1) is 0 Å². The third-order valence-electron chi connectivity index (χ3n) is 3.62. The second-order valence-corrected chi connectivity index (χ2v) is 6.06. The molecule has 0 aromatic rings. The summed E-state index contributed by atoms with van der Waals surface area (Å²) in [5.41, 5.74) is -0.128. The summed E-state index contributed by atoms with van der Waals surface area (Å²) in [7, 11) is 0. The van der Waals surface area contributed by atoms with Crippen LogP contribution in [0.5, 0.6) is 0 Å². The number of ether oxygens (including phenoxy) is 1. The molecule has 0 aromatic heterocycles. The van der Waals surface area contributed by atoms with Gasteiger partial charge in [-0.05, 0) is 59.4 Å². The summed E-state index contributed by atoms with van der Waals surface area (Å²) in [5, 5.41) is 12.9. The first kappa shape index (κ1) is 17.9. The van der Waals surface area contributed by atoms with E-state index in [1.807, 2.05) is 0 Å². The van der Waals surface area contributed by atoms with Gasteiger partial charge in [0.25, 0.3) is 0 Å². The van der Waals surface area contributed by atoms with Crippen molar-refractivity contribution < 1.29 is 9.84 Å². The Morgan fingerprint density at radius 1 is 1.11 bits per heavy atom. The fraction of sp³-hybridized carbons (Fsp3) is 1.00. The van der Waals surface area contributed by atoms with Gasteiger partial charge in [0.1, 0.15) is 0 Å². The lowest BCUT2D eigenvalue weighted by Crippen LogP contribution is -2.46. The lowest BCUT2D eigenvalue weighted by atomic mass is 9.95. The molecule has 110 valence electrons. The molecule has 0 amide bonds. The van der Waals surface area contributed by atoms with Gasteiger partial charge in [0.05, 0.1) is 12.2 Å². The topological polar surface area (TPSA) is 41.5 Å². The predicted octanol–water partition coefficient (Wildman–Crippen LogP) is 3.11. The quantitative estimate of drug-likeness (QED) is 0.560. The van der Waals surface area contributed by atoms with E-state index >= 15 is 0 Å². The number of aliphatic hydroxyl groups is 1. The molecule has 1 unspecified atom stereocenters. The van der Waals surface area contributed by atoms with Crippen molar-refractivity contribution in [2.45, 2.75) is 77.9 Å². The van der Waals surface area contributed by atoms with Crippen molar-refractivity contribution in [3.63, 3.8) is 0 Å². The Hall–Kier alpha value is -0.120. The summed E-state index contributed by atoms with van der Waals surface area (Å²) >= 11 is 0. The molecule has 0 saturated carbocycles. The molecule has 0 bridgehead atoms. The van der Waals surface area contributed by atoms with Gasteiger partial charge < -0.3 is 15.2 Å². The largest absolute Gasteiger partial charge is 0.394 e. The Morgan fingerprint density at radius 2 is 1.78 bits per heavy atom. The van der Waals surface area contributed by atoms with Gasteiger partial charge in [-0.25, -0.2) is 0 Å². The SMILES string of the molecule is CCCNC(C)(CO)CCCCOC(C)(C)CC. The molecular weight excluding hydrogens is 226 g/mol. The number of aliphatic hydroxyl groups excluding tert-OH is 1. The van der Waals surface area contributed by atoms with Crippen molar-refractivity contribution in [2.24, 2.45) is 0 Å². The maximum atomic E-state index is 9.44.